The third-order valence-corrected chi connectivity index (χ3v) is 22.9. The summed E-state index contributed by atoms with van der Waals surface area (Å²) in [7, 11) is -6.28. The number of hydrogen-bond acceptors (Lipinski definition) is 17. The van der Waals surface area contributed by atoms with Gasteiger partial charge in [-0.1, -0.05) is 58.0 Å². The van der Waals surface area contributed by atoms with E-state index in [0.29, 0.717) is 83.0 Å². The van der Waals surface area contributed by atoms with Gasteiger partial charge >= 0.3 is 0 Å². The van der Waals surface area contributed by atoms with Crippen LogP contribution in [0.3, 0.4) is 0 Å². The lowest BCUT2D eigenvalue weighted by Gasteiger charge is -2.40. The van der Waals surface area contributed by atoms with Crippen molar-refractivity contribution < 1.29 is 31.2 Å². The summed E-state index contributed by atoms with van der Waals surface area (Å²) in [5.41, 5.74) is 15.2. The second-order valence-electron chi connectivity index (χ2n) is 26.3. The minimum absolute atomic E-state index is 0.0198. The van der Waals surface area contributed by atoms with E-state index in [1.165, 1.54) is 21.1 Å². The molecular weight excluding hydrogens is 1430 g/mol. The molecule has 8 N–H and O–H groups in total. The lowest BCUT2D eigenvalue weighted by atomic mass is 9.96. The van der Waals surface area contributed by atoms with Crippen molar-refractivity contribution in [1.29, 1.82) is 0 Å². The van der Waals surface area contributed by atoms with Crippen molar-refractivity contribution in [2.24, 2.45) is 11.7 Å². The van der Waals surface area contributed by atoms with Gasteiger partial charge in [0.25, 0.3) is 0 Å². The van der Waals surface area contributed by atoms with Crippen molar-refractivity contribution >= 4 is 179 Å². The number of nitrogens with two attached hydrogens (primary N) is 1. The quantitative estimate of drug-likeness (QED) is 0.0707. The summed E-state index contributed by atoms with van der Waals surface area (Å²) in [6.45, 7) is 15.4. The van der Waals surface area contributed by atoms with E-state index in [9.17, 15) is 31.2 Å². The van der Waals surface area contributed by atoms with E-state index >= 15 is 0 Å². The maximum absolute atomic E-state index is 11.7. The summed E-state index contributed by atoms with van der Waals surface area (Å²) in [4.78, 5) is 47.2. The smallest absolute Gasteiger partial charge is 0.222 e. The van der Waals surface area contributed by atoms with Gasteiger partial charge in [0.05, 0.1) is 83.0 Å². The van der Waals surface area contributed by atoms with Crippen LogP contribution in [-0.2, 0) is 34.4 Å². The maximum atomic E-state index is 11.7. The number of sulfonamides is 2. The molecule has 100 heavy (non-hydrogen) atoms. The maximum Gasteiger partial charge on any atom is 0.222 e. The monoisotopic (exact) mass is 1500 g/mol. The molecule has 16 rings (SSSR count). The third kappa shape index (κ3) is 16.1. The number of aromatic amines is 5. The van der Waals surface area contributed by atoms with Gasteiger partial charge in [0.15, 0.2) is 0 Å². The van der Waals surface area contributed by atoms with E-state index in [-0.39, 0.29) is 41.8 Å². The lowest BCUT2D eigenvalue weighted by molar-refractivity contribution is -0.130. The first-order valence-electron chi connectivity index (χ1n) is 32.8. The molecule has 532 valence electrons. The SMILES string of the molecule is CC(=O)N1CC2CC1CN2c1cc(Cl)cc2[nH]ncc12.CC(=O)NC1CCN(c2cc(Cl)cc3[nH]ncc23)C1.C[C@@H]1CN(S(C)(=O)=O)CCN1c1cc(Cl)cc2[nH]ncc12.C[C@H]1CN(S(C)(=O)=O)CCN1c1cc(Cl)cc2[nH]ncc12.NC(=O)C1CCCN(c2cc(Cl)cc3[nH]ncc23)C1. The average molecular weight is 1510 g/mol. The number of aromatic nitrogens is 10. The van der Waals surface area contributed by atoms with Crippen molar-refractivity contribution in [2.45, 2.75) is 83.6 Å². The molecule has 0 spiro atoms. The number of piperazine rings is 3. The normalized spacial score (nSPS) is 21.2. The van der Waals surface area contributed by atoms with Crippen molar-refractivity contribution in [3.05, 3.63) is 117 Å². The summed E-state index contributed by atoms with van der Waals surface area (Å²) in [6.07, 6.45) is 15.3. The van der Waals surface area contributed by atoms with Crippen LogP contribution in [0, 0.1) is 5.92 Å². The van der Waals surface area contributed by atoms with Crippen molar-refractivity contribution in [1.82, 2.24) is 69.8 Å². The van der Waals surface area contributed by atoms with Crippen LogP contribution in [-0.4, -0.2) is 220 Å². The van der Waals surface area contributed by atoms with Gasteiger partial charge in [-0.2, -0.15) is 34.1 Å². The Labute approximate surface area is 603 Å². The number of carbonyl (C=O) groups excluding carboxylic acids is 3. The Morgan fingerprint density at radius 2 is 0.850 bits per heavy atom. The van der Waals surface area contributed by atoms with Crippen LogP contribution >= 0.6 is 58.0 Å². The molecule has 0 radical (unpaired) electrons. The Morgan fingerprint density at radius 3 is 1.20 bits per heavy atom. The molecule has 3 amide bonds. The Morgan fingerprint density at radius 1 is 0.470 bits per heavy atom. The Balaban J connectivity index is 0.000000119. The molecule has 27 nitrogen and oxygen atoms in total. The first kappa shape index (κ1) is 71.9. The highest BCUT2D eigenvalue weighted by molar-refractivity contribution is 7.88. The number of nitrogens with one attached hydrogen (secondary N) is 6. The number of H-pyrrole nitrogens is 5. The van der Waals surface area contributed by atoms with Crippen LogP contribution in [0.1, 0.15) is 53.4 Å². The van der Waals surface area contributed by atoms with Gasteiger partial charge in [-0.3, -0.25) is 39.9 Å². The number of piperidine rings is 1. The topological polar surface area (TPSA) is 327 Å². The van der Waals surface area contributed by atoms with Crippen LogP contribution in [0.4, 0.5) is 28.4 Å². The number of likely N-dealkylation sites (tertiary alicyclic amines) is 1. The van der Waals surface area contributed by atoms with Gasteiger partial charge in [-0.15, -0.1) is 0 Å². The van der Waals surface area contributed by atoms with Crippen LogP contribution in [0.2, 0.25) is 25.1 Å². The summed E-state index contributed by atoms with van der Waals surface area (Å²) in [5.74, 6) is -0.118. The molecule has 11 heterocycles. The second kappa shape index (κ2) is 30.0. The van der Waals surface area contributed by atoms with E-state index in [4.69, 9.17) is 63.7 Å². The van der Waals surface area contributed by atoms with E-state index < -0.39 is 20.0 Å². The van der Waals surface area contributed by atoms with Crippen LogP contribution in [0.15, 0.2) is 91.6 Å². The fourth-order valence-corrected chi connectivity index (χ4v) is 17.4. The first-order chi connectivity index (χ1) is 47.6. The molecule has 2 bridgehead atoms. The molecule has 34 heteroatoms. The number of fused-ring (bicyclic) bond motifs is 7. The number of anilines is 5. The summed E-state index contributed by atoms with van der Waals surface area (Å²) in [5, 5.41) is 46.5. The van der Waals surface area contributed by atoms with E-state index in [1.54, 1.807) is 32.4 Å². The van der Waals surface area contributed by atoms with Crippen molar-refractivity contribution in [3.63, 3.8) is 0 Å². The molecule has 6 fully saturated rings. The van der Waals surface area contributed by atoms with E-state index in [0.717, 1.165) is 141 Å². The van der Waals surface area contributed by atoms with Crippen molar-refractivity contribution in [2.75, 3.05) is 116 Å². The highest BCUT2D eigenvalue weighted by Gasteiger charge is 2.45. The molecule has 5 aromatic heterocycles. The van der Waals surface area contributed by atoms with Gasteiger partial charge in [-0.05, 0) is 100 Å². The number of nitrogens with zero attached hydrogens (tertiary/aromatic N) is 13. The van der Waals surface area contributed by atoms with E-state index in [2.05, 4.69) is 80.8 Å². The summed E-state index contributed by atoms with van der Waals surface area (Å²) >= 11 is 30.8. The number of carbonyl (C=O) groups is 3. The lowest BCUT2D eigenvalue weighted by Crippen LogP contribution is -2.53. The number of amides is 3. The van der Waals surface area contributed by atoms with Crippen LogP contribution < -0.4 is 35.6 Å². The van der Waals surface area contributed by atoms with Gasteiger partial charge in [0.2, 0.25) is 37.8 Å². The zero-order chi connectivity index (χ0) is 71.1. The highest BCUT2D eigenvalue weighted by Crippen LogP contribution is 2.41. The minimum atomic E-state index is -3.14. The number of halogens is 5. The standard InChI is InChI=1S/C14H15ClN4O.2C13H17ClN4O2S.2C13H15ClN4O/c1-8(20)18-6-11-4-10(18)7-19(11)14-3-9(15)2-13-12(14)5-16-17-13;2*1-9-8-17(21(2,19)20)3-4-18(9)13-6-10(14)5-12-11(13)7-15-16-12;1-8(19)16-10-2-3-18(7-10)13-5-9(14)4-12-11(13)6-15-17-12;14-9-4-11-10(6-16-17-11)12(5-9)18-3-1-2-8(7-18)13(15)19/h2-3,5,10-11H,4,6-7H2,1H3,(H,16,17);2*5-7,9H,3-4,8H2,1-2H3,(H,15,16);4-6,10H,2-3,7H2,1H3,(H,15,17)(H,16,19);4-6,8H,1-3,7H2,(H2,15,19)(H,16,17)/t;2*9-;;/m.10../s1. The molecule has 6 saturated heterocycles. The summed E-state index contributed by atoms with van der Waals surface area (Å²) in [6, 6.07) is 20.1. The molecule has 0 aliphatic carbocycles. The van der Waals surface area contributed by atoms with Gasteiger partial charge in [-0.25, -0.2) is 16.8 Å². The average Bonchev–Trinajstić information content (AvgIpc) is 1.59. The first-order valence-corrected chi connectivity index (χ1v) is 38.4. The molecule has 6 aliphatic rings. The van der Waals surface area contributed by atoms with Gasteiger partial charge in [0, 0.05) is 197 Å². The fourth-order valence-electron chi connectivity index (χ4n) is 14.6. The number of benzene rings is 5. The molecule has 6 aliphatic heterocycles. The molecule has 0 saturated carbocycles. The van der Waals surface area contributed by atoms with Crippen LogP contribution in [0.5, 0.6) is 0 Å². The number of rotatable bonds is 9. The van der Waals surface area contributed by atoms with Gasteiger partial charge < -0.3 is 40.4 Å². The van der Waals surface area contributed by atoms with E-state index in [1.807, 2.05) is 91.8 Å². The van der Waals surface area contributed by atoms with Gasteiger partial charge in [0.1, 0.15) is 0 Å². The van der Waals surface area contributed by atoms with Crippen molar-refractivity contribution in [3.8, 4) is 0 Å². The zero-order valence-corrected chi connectivity index (χ0v) is 61.3. The minimum Gasteiger partial charge on any atom is -0.370 e. The number of hydrogen-bond donors (Lipinski definition) is 7. The number of primary amides is 1. The molecule has 10 aromatic rings. The highest BCUT2D eigenvalue weighted by atomic mass is 35.5. The Bertz CT molecular complexity index is 4760. The Hall–Kier alpha value is -7.87. The summed E-state index contributed by atoms with van der Waals surface area (Å²) < 4.78 is 49.7. The molecule has 5 aromatic carbocycles. The molecular formula is C66H79Cl5N20O7S2. The molecule has 6 atom stereocenters. The Kier molecular flexibility index (Phi) is 21.6. The molecule has 4 unspecified atom stereocenters. The van der Waals surface area contributed by atoms with Crippen LogP contribution in [0.25, 0.3) is 54.5 Å². The second-order valence-corrected chi connectivity index (χ2v) is 32.4. The fraction of sp³-hybridized carbons (Fsp3) is 0.424. The predicted octanol–water partition coefficient (Wildman–Crippen LogP) is 9.25. The largest absolute Gasteiger partial charge is 0.370 e. The third-order valence-electron chi connectivity index (χ3n) is 19.3. The zero-order valence-electron chi connectivity index (χ0n) is 55.9. The predicted molar refractivity (Wildman–Crippen MR) is 397 cm³/mol.